The second-order valence-corrected chi connectivity index (χ2v) is 4.28. The predicted octanol–water partition coefficient (Wildman–Crippen LogP) is 0.827. The van der Waals surface area contributed by atoms with E-state index in [0.717, 1.165) is 0 Å². The fourth-order valence-electron chi connectivity index (χ4n) is 1.17. The van der Waals surface area contributed by atoms with Gasteiger partial charge < -0.3 is 15.0 Å². The van der Waals surface area contributed by atoms with Gasteiger partial charge in [-0.05, 0) is 20.8 Å². The molecule has 0 aromatic rings. The van der Waals surface area contributed by atoms with E-state index in [1.54, 1.807) is 4.90 Å². The standard InChI is InChI=1S/C9H18N2O2/c1-9(2,3)10-8(12)11-4-6-13-7-5-11/h4-7H2,1-3H3,(H,10,12). The Hall–Kier alpha value is -0.770. The van der Waals surface area contributed by atoms with Crippen LogP contribution in [-0.4, -0.2) is 42.8 Å². The van der Waals surface area contributed by atoms with Crippen LogP contribution in [0.3, 0.4) is 0 Å². The van der Waals surface area contributed by atoms with Crippen molar-refractivity contribution >= 4 is 6.03 Å². The Morgan fingerprint density at radius 3 is 2.31 bits per heavy atom. The third-order valence-electron chi connectivity index (χ3n) is 1.78. The molecular formula is C9H18N2O2. The summed E-state index contributed by atoms with van der Waals surface area (Å²) >= 11 is 0. The highest BCUT2D eigenvalue weighted by Crippen LogP contribution is 2.03. The molecule has 0 aromatic carbocycles. The molecule has 1 N–H and O–H groups in total. The Balaban J connectivity index is 2.38. The van der Waals surface area contributed by atoms with Crippen molar-refractivity contribution in [3.05, 3.63) is 0 Å². The predicted molar refractivity (Wildman–Crippen MR) is 50.7 cm³/mol. The van der Waals surface area contributed by atoms with E-state index in [0.29, 0.717) is 26.3 Å². The van der Waals surface area contributed by atoms with Crippen molar-refractivity contribution in [3.63, 3.8) is 0 Å². The van der Waals surface area contributed by atoms with E-state index in [2.05, 4.69) is 5.32 Å². The van der Waals surface area contributed by atoms with Gasteiger partial charge in [0.25, 0.3) is 0 Å². The number of urea groups is 1. The lowest BCUT2D eigenvalue weighted by Gasteiger charge is -2.30. The molecule has 0 aromatic heterocycles. The van der Waals surface area contributed by atoms with Gasteiger partial charge in [-0.25, -0.2) is 4.79 Å². The number of nitrogens with one attached hydrogen (secondary N) is 1. The summed E-state index contributed by atoms with van der Waals surface area (Å²) in [6.45, 7) is 8.63. The van der Waals surface area contributed by atoms with Gasteiger partial charge in [0.1, 0.15) is 0 Å². The summed E-state index contributed by atoms with van der Waals surface area (Å²) in [5.41, 5.74) is -0.157. The molecule has 1 aliphatic heterocycles. The average molecular weight is 186 g/mol. The minimum atomic E-state index is -0.157. The van der Waals surface area contributed by atoms with Crippen LogP contribution >= 0.6 is 0 Å². The summed E-state index contributed by atoms with van der Waals surface area (Å²) < 4.78 is 5.16. The van der Waals surface area contributed by atoms with Crippen LogP contribution in [0.5, 0.6) is 0 Å². The molecule has 4 nitrogen and oxygen atoms in total. The van der Waals surface area contributed by atoms with E-state index in [9.17, 15) is 4.79 Å². The fraction of sp³-hybridized carbons (Fsp3) is 0.889. The van der Waals surface area contributed by atoms with Gasteiger partial charge in [-0.1, -0.05) is 0 Å². The third kappa shape index (κ3) is 3.63. The normalized spacial score (nSPS) is 18.5. The van der Waals surface area contributed by atoms with Gasteiger partial charge in [-0.3, -0.25) is 0 Å². The van der Waals surface area contributed by atoms with Crippen LogP contribution in [0, 0.1) is 0 Å². The molecule has 0 unspecified atom stereocenters. The minimum Gasteiger partial charge on any atom is -0.378 e. The third-order valence-corrected chi connectivity index (χ3v) is 1.78. The number of hydrogen-bond acceptors (Lipinski definition) is 2. The number of carbonyl (C=O) groups is 1. The van der Waals surface area contributed by atoms with Crippen molar-refractivity contribution in [2.75, 3.05) is 26.3 Å². The lowest BCUT2D eigenvalue weighted by molar-refractivity contribution is 0.0517. The first kappa shape index (κ1) is 10.3. The highest BCUT2D eigenvalue weighted by atomic mass is 16.5. The number of hydrogen-bond donors (Lipinski definition) is 1. The van der Waals surface area contributed by atoms with Gasteiger partial charge in [-0.2, -0.15) is 0 Å². The van der Waals surface area contributed by atoms with E-state index in [4.69, 9.17) is 4.74 Å². The number of morpholine rings is 1. The van der Waals surface area contributed by atoms with E-state index in [1.165, 1.54) is 0 Å². The molecule has 76 valence electrons. The lowest BCUT2D eigenvalue weighted by Crippen LogP contribution is -2.51. The molecule has 0 radical (unpaired) electrons. The summed E-state index contributed by atoms with van der Waals surface area (Å²) in [4.78, 5) is 13.4. The van der Waals surface area contributed by atoms with Crippen LogP contribution in [-0.2, 0) is 4.74 Å². The van der Waals surface area contributed by atoms with E-state index in [-0.39, 0.29) is 11.6 Å². The zero-order valence-electron chi connectivity index (χ0n) is 8.59. The highest BCUT2D eigenvalue weighted by molar-refractivity contribution is 5.75. The fourth-order valence-corrected chi connectivity index (χ4v) is 1.17. The first-order valence-electron chi connectivity index (χ1n) is 4.64. The molecule has 1 heterocycles. The van der Waals surface area contributed by atoms with Crippen molar-refractivity contribution in [1.82, 2.24) is 10.2 Å². The molecule has 1 saturated heterocycles. The smallest absolute Gasteiger partial charge is 0.317 e. The maximum atomic E-state index is 11.6. The first-order chi connectivity index (χ1) is 5.99. The summed E-state index contributed by atoms with van der Waals surface area (Å²) in [5.74, 6) is 0. The summed E-state index contributed by atoms with van der Waals surface area (Å²) in [5, 5.41) is 2.92. The van der Waals surface area contributed by atoms with Crippen LogP contribution in [0.25, 0.3) is 0 Å². The molecule has 2 amide bonds. The van der Waals surface area contributed by atoms with Gasteiger partial charge in [-0.15, -0.1) is 0 Å². The molecule has 4 heteroatoms. The van der Waals surface area contributed by atoms with Crippen molar-refractivity contribution < 1.29 is 9.53 Å². The number of ether oxygens (including phenoxy) is 1. The molecule has 0 atom stereocenters. The Morgan fingerprint density at radius 1 is 1.31 bits per heavy atom. The van der Waals surface area contributed by atoms with Crippen LogP contribution in [0.15, 0.2) is 0 Å². The zero-order valence-corrected chi connectivity index (χ0v) is 8.59. The van der Waals surface area contributed by atoms with Gasteiger partial charge >= 0.3 is 6.03 Å². The molecule has 0 bridgehead atoms. The van der Waals surface area contributed by atoms with Gasteiger partial charge in [0.05, 0.1) is 13.2 Å². The molecule has 1 aliphatic rings. The number of rotatable bonds is 0. The van der Waals surface area contributed by atoms with E-state index < -0.39 is 0 Å². The topological polar surface area (TPSA) is 41.6 Å². The molecule has 1 fully saturated rings. The Labute approximate surface area is 79.2 Å². The Bertz CT molecular complexity index is 181. The molecule has 0 spiro atoms. The van der Waals surface area contributed by atoms with Crippen LogP contribution in [0.4, 0.5) is 4.79 Å². The van der Waals surface area contributed by atoms with Gasteiger partial charge in [0.15, 0.2) is 0 Å². The summed E-state index contributed by atoms with van der Waals surface area (Å²) in [6.07, 6.45) is 0. The van der Waals surface area contributed by atoms with Crippen molar-refractivity contribution in [3.8, 4) is 0 Å². The van der Waals surface area contributed by atoms with Crippen LogP contribution in [0.2, 0.25) is 0 Å². The number of amides is 2. The van der Waals surface area contributed by atoms with Crippen molar-refractivity contribution in [1.29, 1.82) is 0 Å². The highest BCUT2D eigenvalue weighted by Gasteiger charge is 2.20. The van der Waals surface area contributed by atoms with Crippen molar-refractivity contribution in [2.45, 2.75) is 26.3 Å². The van der Waals surface area contributed by atoms with E-state index in [1.807, 2.05) is 20.8 Å². The Morgan fingerprint density at radius 2 is 1.85 bits per heavy atom. The monoisotopic (exact) mass is 186 g/mol. The zero-order chi connectivity index (χ0) is 9.90. The number of nitrogens with zero attached hydrogens (tertiary/aromatic N) is 1. The molecular weight excluding hydrogens is 168 g/mol. The molecule has 0 saturated carbocycles. The summed E-state index contributed by atoms with van der Waals surface area (Å²) in [7, 11) is 0. The largest absolute Gasteiger partial charge is 0.378 e. The second kappa shape index (κ2) is 3.96. The molecule has 1 rings (SSSR count). The number of carbonyl (C=O) groups excluding carboxylic acids is 1. The quantitative estimate of drug-likeness (QED) is 0.608. The van der Waals surface area contributed by atoms with Crippen LogP contribution in [0.1, 0.15) is 20.8 Å². The van der Waals surface area contributed by atoms with Gasteiger partial charge in [0, 0.05) is 18.6 Å². The maximum Gasteiger partial charge on any atom is 0.317 e. The average Bonchev–Trinajstić information content (AvgIpc) is 2.03. The molecule has 0 aliphatic carbocycles. The van der Waals surface area contributed by atoms with E-state index >= 15 is 0 Å². The minimum absolute atomic E-state index is 0.0100. The SMILES string of the molecule is CC(C)(C)NC(=O)N1CCOCC1. The first-order valence-corrected chi connectivity index (χ1v) is 4.64. The summed E-state index contributed by atoms with van der Waals surface area (Å²) in [6, 6.07) is 0.0100. The van der Waals surface area contributed by atoms with Crippen molar-refractivity contribution in [2.24, 2.45) is 0 Å². The molecule has 13 heavy (non-hydrogen) atoms. The lowest BCUT2D eigenvalue weighted by atomic mass is 10.1. The van der Waals surface area contributed by atoms with Gasteiger partial charge in [0.2, 0.25) is 0 Å². The maximum absolute atomic E-state index is 11.6. The van der Waals surface area contributed by atoms with Crippen LogP contribution < -0.4 is 5.32 Å². The second-order valence-electron chi connectivity index (χ2n) is 4.28. The Kier molecular flexibility index (Phi) is 3.14.